The van der Waals surface area contributed by atoms with Crippen LogP contribution in [0.5, 0.6) is 5.75 Å². The van der Waals surface area contributed by atoms with Crippen LogP contribution in [0, 0.1) is 13.8 Å². The van der Waals surface area contributed by atoms with Crippen LogP contribution in [0.2, 0.25) is 0 Å². The fraction of sp³-hybridized carbons (Fsp3) is 0.381. The van der Waals surface area contributed by atoms with E-state index in [2.05, 4.69) is 29.5 Å². The minimum atomic E-state index is -0.979. The van der Waals surface area contributed by atoms with Gasteiger partial charge in [-0.15, -0.1) is 0 Å². The lowest BCUT2D eigenvalue weighted by molar-refractivity contribution is 0.0649. The van der Waals surface area contributed by atoms with Crippen LogP contribution in [0.15, 0.2) is 42.5 Å². The van der Waals surface area contributed by atoms with Crippen LogP contribution in [0.3, 0.4) is 0 Å². The Morgan fingerprint density at radius 3 is 2.60 bits per heavy atom. The maximum Gasteiger partial charge on any atom is 0.141 e. The number of fused-ring (bicyclic) bond motifs is 1. The van der Waals surface area contributed by atoms with Gasteiger partial charge < -0.3 is 14.4 Å². The van der Waals surface area contributed by atoms with E-state index in [1.54, 1.807) is 13.8 Å². The highest BCUT2D eigenvalue weighted by molar-refractivity contribution is 5.76. The molecular weight excluding hydrogens is 312 g/mol. The van der Waals surface area contributed by atoms with Gasteiger partial charge in [0.1, 0.15) is 17.2 Å². The first kappa shape index (κ1) is 17.5. The van der Waals surface area contributed by atoms with Crippen molar-refractivity contribution in [3.63, 3.8) is 0 Å². The lowest BCUT2D eigenvalue weighted by Gasteiger charge is -2.19. The van der Waals surface area contributed by atoms with Crippen LogP contribution in [0.1, 0.15) is 37.2 Å². The largest absolute Gasteiger partial charge is 0.493 e. The molecule has 2 aromatic carbocycles. The molecule has 0 fully saturated rings. The lowest BCUT2D eigenvalue weighted by Crippen LogP contribution is -2.22. The highest BCUT2D eigenvalue weighted by atomic mass is 16.5. The molecule has 0 aliphatic rings. The third-order valence-electron chi connectivity index (χ3n) is 4.54. The minimum Gasteiger partial charge on any atom is -0.493 e. The molecule has 0 saturated carbocycles. The number of ether oxygens (including phenoxy) is 1. The van der Waals surface area contributed by atoms with Crippen LogP contribution in [0.4, 0.5) is 0 Å². The van der Waals surface area contributed by atoms with E-state index in [-0.39, 0.29) is 0 Å². The van der Waals surface area contributed by atoms with Crippen molar-refractivity contribution in [1.29, 1.82) is 0 Å². The molecule has 0 bridgehead atoms. The van der Waals surface area contributed by atoms with E-state index in [0.717, 1.165) is 29.7 Å². The molecular formula is C21H26N2O2. The summed E-state index contributed by atoms with van der Waals surface area (Å²) in [6.07, 6.45) is 0.844. The Labute approximate surface area is 149 Å². The summed E-state index contributed by atoms with van der Waals surface area (Å²) in [5.41, 5.74) is 3.41. The smallest absolute Gasteiger partial charge is 0.141 e. The van der Waals surface area contributed by atoms with Gasteiger partial charge in [-0.25, -0.2) is 4.98 Å². The van der Waals surface area contributed by atoms with E-state index >= 15 is 0 Å². The molecule has 0 unspecified atom stereocenters. The van der Waals surface area contributed by atoms with E-state index in [4.69, 9.17) is 4.74 Å². The zero-order valence-corrected chi connectivity index (χ0v) is 15.4. The number of benzene rings is 2. The summed E-state index contributed by atoms with van der Waals surface area (Å²) >= 11 is 0. The number of hydrogen-bond acceptors (Lipinski definition) is 3. The Morgan fingerprint density at radius 1 is 1.08 bits per heavy atom. The molecule has 0 radical (unpaired) electrons. The van der Waals surface area contributed by atoms with Gasteiger partial charge >= 0.3 is 0 Å². The van der Waals surface area contributed by atoms with Gasteiger partial charge in [-0.2, -0.15) is 0 Å². The second-order valence-corrected chi connectivity index (χ2v) is 7.03. The van der Waals surface area contributed by atoms with Crippen molar-refractivity contribution in [1.82, 2.24) is 9.55 Å². The number of imidazole rings is 1. The number of hydrogen-bond donors (Lipinski definition) is 1. The average Bonchev–Trinajstić information content (AvgIpc) is 2.94. The highest BCUT2D eigenvalue weighted by Crippen LogP contribution is 2.25. The Kier molecular flexibility index (Phi) is 4.82. The van der Waals surface area contributed by atoms with Gasteiger partial charge in [0.15, 0.2) is 0 Å². The first-order valence-electron chi connectivity index (χ1n) is 8.75. The first-order valence-corrected chi connectivity index (χ1v) is 8.75. The molecule has 25 heavy (non-hydrogen) atoms. The number of aryl methyl sites for hydroxylation is 2. The Balaban J connectivity index is 1.74. The van der Waals surface area contributed by atoms with Gasteiger partial charge in [-0.05, 0) is 63.4 Å². The monoisotopic (exact) mass is 338 g/mol. The average molecular weight is 338 g/mol. The topological polar surface area (TPSA) is 47.3 Å². The summed E-state index contributed by atoms with van der Waals surface area (Å²) in [6, 6.07) is 14.1. The van der Waals surface area contributed by atoms with E-state index in [1.165, 1.54) is 11.1 Å². The second kappa shape index (κ2) is 6.89. The van der Waals surface area contributed by atoms with Crippen molar-refractivity contribution in [3.8, 4) is 5.75 Å². The summed E-state index contributed by atoms with van der Waals surface area (Å²) in [4.78, 5) is 4.62. The molecule has 4 nitrogen and oxygen atoms in total. The molecule has 0 saturated heterocycles. The van der Waals surface area contributed by atoms with Crippen molar-refractivity contribution < 1.29 is 9.84 Å². The van der Waals surface area contributed by atoms with Crippen LogP contribution in [0.25, 0.3) is 11.0 Å². The van der Waals surface area contributed by atoms with Crippen molar-refractivity contribution in [2.75, 3.05) is 6.61 Å². The Hall–Kier alpha value is -2.33. The molecule has 0 spiro atoms. The van der Waals surface area contributed by atoms with Crippen LogP contribution < -0.4 is 4.74 Å². The van der Waals surface area contributed by atoms with Crippen LogP contribution >= 0.6 is 0 Å². The number of rotatable bonds is 6. The molecule has 1 heterocycles. The van der Waals surface area contributed by atoms with E-state index in [0.29, 0.717) is 12.4 Å². The van der Waals surface area contributed by atoms with E-state index < -0.39 is 5.60 Å². The first-order chi connectivity index (χ1) is 11.9. The van der Waals surface area contributed by atoms with E-state index in [9.17, 15) is 5.11 Å². The lowest BCUT2D eigenvalue weighted by atomic mass is 10.1. The van der Waals surface area contributed by atoms with Crippen molar-refractivity contribution in [2.24, 2.45) is 0 Å². The predicted octanol–water partition coefficient (Wildman–Crippen LogP) is 4.35. The fourth-order valence-corrected chi connectivity index (χ4v) is 3.05. The molecule has 4 heteroatoms. The maximum atomic E-state index is 10.5. The quantitative estimate of drug-likeness (QED) is 0.680. The Bertz CT molecular complexity index is 875. The molecule has 0 amide bonds. The minimum absolute atomic E-state index is 0.627. The number of aromatic nitrogens is 2. The summed E-state index contributed by atoms with van der Waals surface area (Å²) in [6.45, 7) is 9.11. The van der Waals surface area contributed by atoms with E-state index in [1.807, 2.05) is 36.4 Å². The normalized spacial score (nSPS) is 11.9. The number of nitrogens with zero attached hydrogens (tertiary/aromatic N) is 2. The predicted molar refractivity (Wildman–Crippen MR) is 101 cm³/mol. The molecule has 3 rings (SSSR count). The standard InChI is InChI=1S/C21H26N2O2/c1-15-9-7-12-19(16(15)2)25-14-8-13-23-18-11-6-5-10-17(18)22-20(23)21(3,4)24/h5-7,9-12,24H,8,13-14H2,1-4H3. The van der Waals surface area contributed by atoms with Crippen molar-refractivity contribution in [2.45, 2.75) is 46.3 Å². The van der Waals surface area contributed by atoms with Gasteiger partial charge in [0, 0.05) is 6.54 Å². The molecule has 0 aliphatic carbocycles. The van der Waals surface area contributed by atoms with Gasteiger partial charge in [-0.3, -0.25) is 0 Å². The van der Waals surface area contributed by atoms with Gasteiger partial charge in [0.2, 0.25) is 0 Å². The maximum absolute atomic E-state index is 10.5. The zero-order chi connectivity index (χ0) is 18.0. The molecule has 0 aliphatic heterocycles. The molecule has 1 N–H and O–H groups in total. The zero-order valence-electron chi connectivity index (χ0n) is 15.4. The third kappa shape index (κ3) is 3.69. The van der Waals surface area contributed by atoms with Crippen molar-refractivity contribution in [3.05, 3.63) is 59.4 Å². The van der Waals surface area contributed by atoms with Gasteiger partial charge in [-0.1, -0.05) is 24.3 Å². The van der Waals surface area contributed by atoms with Crippen molar-refractivity contribution >= 4 is 11.0 Å². The molecule has 1 aromatic heterocycles. The Morgan fingerprint density at radius 2 is 1.84 bits per heavy atom. The third-order valence-corrected chi connectivity index (χ3v) is 4.54. The van der Waals surface area contributed by atoms with Gasteiger partial charge in [0.05, 0.1) is 17.6 Å². The summed E-state index contributed by atoms with van der Waals surface area (Å²) in [7, 11) is 0. The SMILES string of the molecule is Cc1cccc(OCCCn2c(C(C)(C)O)nc3ccccc32)c1C. The summed E-state index contributed by atoms with van der Waals surface area (Å²) < 4.78 is 8.06. The summed E-state index contributed by atoms with van der Waals surface area (Å²) in [5, 5.41) is 10.5. The number of para-hydroxylation sites is 2. The van der Waals surface area contributed by atoms with Gasteiger partial charge in [0.25, 0.3) is 0 Å². The fourth-order valence-electron chi connectivity index (χ4n) is 3.05. The molecule has 0 atom stereocenters. The molecule has 3 aromatic rings. The van der Waals surface area contributed by atoms with Crippen LogP contribution in [-0.2, 0) is 12.1 Å². The highest BCUT2D eigenvalue weighted by Gasteiger charge is 2.24. The van der Waals surface area contributed by atoms with Crippen LogP contribution in [-0.4, -0.2) is 21.3 Å². The summed E-state index contributed by atoms with van der Waals surface area (Å²) in [5.74, 6) is 1.64. The second-order valence-electron chi connectivity index (χ2n) is 7.03. The number of aliphatic hydroxyl groups is 1. The molecule has 132 valence electrons.